The molecule has 0 aromatic heterocycles. The molecule has 0 unspecified atom stereocenters. The molecule has 3 nitrogen and oxygen atoms in total. The first-order chi connectivity index (χ1) is 5.27. The number of aliphatic hydroxyl groups excluding tert-OH is 1. The van der Waals surface area contributed by atoms with Crippen molar-refractivity contribution in [2.24, 2.45) is 5.18 Å². The van der Waals surface area contributed by atoms with E-state index in [1.807, 2.05) is 0 Å². The van der Waals surface area contributed by atoms with Crippen LogP contribution in [-0.4, -0.2) is 13.0 Å². The van der Waals surface area contributed by atoms with Crippen molar-refractivity contribution in [1.29, 1.82) is 0 Å². The van der Waals surface area contributed by atoms with Gasteiger partial charge < -0.3 is 5.11 Å². The maximum Gasteiger partial charge on any atom is 0.142 e. The third-order valence-corrected chi connectivity index (χ3v) is 1.55. The highest BCUT2D eigenvalue weighted by molar-refractivity contribution is 6.35. The Morgan fingerprint density at radius 1 is 1.55 bits per heavy atom. The number of aliphatic hydroxyl groups is 1. The van der Waals surface area contributed by atoms with Gasteiger partial charge in [0.15, 0.2) is 0 Å². The zero-order chi connectivity index (χ0) is 8.27. The van der Waals surface area contributed by atoms with Crippen molar-refractivity contribution in [2.45, 2.75) is 6.61 Å². The maximum absolute atomic E-state index is 10.2. The summed E-state index contributed by atoms with van der Waals surface area (Å²) in [5.74, 6) is 0. The SMILES string of the molecule is Bc1ccc(CO)cc1N=O. The Morgan fingerprint density at radius 2 is 2.27 bits per heavy atom. The van der Waals surface area contributed by atoms with Gasteiger partial charge in [0.2, 0.25) is 0 Å². The molecule has 0 heterocycles. The van der Waals surface area contributed by atoms with Crippen LogP contribution in [0.2, 0.25) is 0 Å². The zero-order valence-corrected chi connectivity index (χ0v) is 6.24. The molecule has 0 aliphatic carbocycles. The van der Waals surface area contributed by atoms with Gasteiger partial charge in [-0.15, -0.1) is 4.91 Å². The van der Waals surface area contributed by atoms with Gasteiger partial charge in [-0.05, 0) is 16.8 Å². The van der Waals surface area contributed by atoms with Gasteiger partial charge in [-0.3, -0.25) is 0 Å². The third kappa shape index (κ3) is 1.65. The first-order valence-corrected chi connectivity index (χ1v) is 3.31. The van der Waals surface area contributed by atoms with Gasteiger partial charge in [0.05, 0.1) is 6.61 Å². The van der Waals surface area contributed by atoms with Crippen molar-refractivity contribution < 1.29 is 5.11 Å². The standard InChI is InChI=1S/C7H8BNO2/c8-6-2-1-5(4-10)3-7(6)9-11/h1-3,10H,4,8H2. The minimum Gasteiger partial charge on any atom is -0.392 e. The van der Waals surface area contributed by atoms with E-state index in [1.54, 1.807) is 26.0 Å². The number of hydrogen-bond donors (Lipinski definition) is 1. The lowest BCUT2D eigenvalue weighted by atomic mass is 9.93. The van der Waals surface area contributed by atoms with Crippen LogP contribution >= 0.6 is 0 Å². The Hall–Kier alpha value is -1.16. The molecule has 0 aliphatic heterocycles. The van der Waals surface area contributed by atoms with E-state index in [4.69, 9.17) is 5.11 Å². The summed E-state index contributed by atoms with van der Waals surface area (Å²) in [6.45, 7) is -0.0528. The molecule has 0 fully saturated rings. The molecule has 1 rings (SSSR count). The fourth-order valence-corrected chi connectivity index (χ4v) is 0.852. The Labute approximate surface area is 65.4 Å². The molecule has 0 radical (unpaired) electrons. The zero-order valence-electron chi connectivity index (χ0n) is 6.24. The molecule has 1 N–H and O–H groups in total. The van der Waals surface area contributed by atoms with E-state index in [1.165, 1.54) is 0 Å². The summed E-state index contributed by atoms with van der Waals surface area (Å²) in [6, 6.07) is 5.12. The molecular formula is C7H8BNO2. The van der Waals surface area contributed by atoms with Crippen molar-refractivity contribution in [3.63, 3.8) is 0 Å². The topological polar surface area (TPSA) is 49.7 Å². The second-order valence-corrected chi connectivity index (χ2v) is 2.37. The van der Waals surface area contributed by atoms with E-state index in [9.17, 15) is 4.91 Å². The molecule has 0 aliphatic rings. The molecule has 0 spiro atoms. The first kappa shape index (κ1) is 7.95. The van der Waals surface area contributed by atoms with Gasteiger partial charge in [0.25, 0.3) is 0 Å². The van der Waals surface area contributed by atoms with Crippen LogP contribution in [0.3, 0.4) is 0 Å². The first-order valence-electron chi connectivity index (χ1n) is 3.31. The third-order valence-electron chi connectivity index (χ3n) is 1.55. The lowest BCUT2D eigenvalue weighted by molar-refractivity contribution is 0.282. The molecule has 1 aromatic carbocycles. The highest BCUT2D eigenvalue weighted by atomic mass is 16.3. The summed E-state index contributed by atoms with van der Waals surface area (Å²) >= 11 is 0. The van der Waals surface area contributed by atoms with Crippen LogP contribution in [0.4, 0.5) is 5.69 Å². The molecule has 56 valence electrons. The lowest BCUT2D eigenvalue weighted by Gasteiger charge is -1.98. The van der Waals surface area contributed by atoms with E-state index in [0.717, 1.165) is 5.46 Å². The second-order valence-electron chi connectivity index (χ2n) is 2.37. The fourth-order valence-electron chi connectivity index (χ4n) is 0.852. The number of nitroso groups, excluding NO2 is 1. The monoisotopic (exact) mass is 149 g/mol. The average molecular weight is 149 g/mol. The molecule has 4 heteroatoms. The molecule has 1 aromatic rings. The summed E-state index contributed by atoms with van der Waals surface area (Å²) in [4.78, 5) is 10.2. The van der Waals surface area contributed by atoms with Gasteiger partial charge in [-0.1, -0.05) is 17.6 Å². The van der Waals surface area contributed by atoms with Crippen LogP contribution in [-0.2, 0) is 6.61 Å². The molecule has 0 saturated heterocycles. The average Bonchev–Trinajstić information content (AvgIpc) is 2.05. The summed E-state index contributed by atoms with van der Waals surface area (Å²) in [6.07, 6.45) is 0. The van der Waals surface area contributed by atoms with Crippen LogP contribution in [0.1, 0.15) is 5.56 Å². The Bertz CT molecular complexity index is 275. The van der Waals surface area contributed by atoms with E-state index < -0.39 is 0 Å². The number of benzene rings is 1. The minimum atomic E-state index is -0.0528. The molecule has 0 atom stereocenters. The molecule has 0 saturated carbocycles. The quantitative estimate of drug-likeness (QED) is 0.468. The molecule has 0 bridgehead atoms. The summed E-state index contributed by atoms with van der Waals surface area (Å²) in [7, 11) is 1.80. The van der Waals surface area contributed by atoms with Crippen molar-refractivity contribution in [1.82, 2.24) is 0 Å². The van der Waals surface area contributed by atoms with Crippen molar-refractivity contribution in [3.8, 4) is 0 Å². The van der Waals surface area contributed by atoms with Gasteiger partial charge in [0.1, 0.15) is 13.5 Å². The predicted molar refractivity (Wildman–Crippen MR) is 46.0 cm³/mol. The normalized spacial score (nSPS) is 9.55. The van der Waals surface area contributed by atoms with Crippen molar-refractivity contribution >= 4 is 19.0 Å². The molecule has 11 heavy (non-hydrogen) atoms. The van der Waals surface area contributed by atoms with Crippen molar-refractivity contribution in [2.75, 3.05) is 0 Å². The van der Waals surface area contributed by atoms with E-state index in [-0.39, 0.29) is 6.61 Å². The van der Waals surface area contributed by atoms with Crippen molar-refractivity contribution in [3.05, 3.63) is 28.7 Å². The van der Waals surface area contributed by atoms with Crippen LogP contribution < -0.4 is 5.46 Å². The van der Waals surface area contributed by atoms with Gasteiger partial charge in [0, 0.05) is 0 Å². The second kappa shape index (κ2) is 3.30. The largest absolute Gasteiger partial charge is 0.392 e. The molecular weight excluding hydrogens is 141 g/mol. The van der Waals surface area contributed by atoms with E-state index in [0.29, 0.717) is 11.3 Å². The van der Waals surface area contributed by atoms with Crippen LogP contribution in [0.15, 0.2) is 23.4 Å². The lowest BCUT2D eigenvalue weighted by Crippen LogP contribution is -2.02. The smallest absolute Gasteiger partial charge is 0.142 e. The Kier molecular flexibility index (Phi) is 2.38. The van der Waals surface area contributed by atoms with Crippen LogP contribution in [0.25, 0.3) is 0 Å². The highest BCUT2D eigenvalue weighted by Crippen LogP contribution is 2.09. The summed E-state index contributed by atoms with van der Waals surface area (Å²) in [5.41, 5.74) is 1.94. The number of nitrogens with zero attached hydrogens (tertiary/aromatic N) is 1. The van der Waals surface area contributed by atoms with Gasteiger partial charge in [-0.2, -0.15) is 0 Å². The maximum atomic E-state index is 10.2. The van der Waals surface area contributed by atoms with Crippen LogP contribution in [0, 0.1) is 4.91 Å². The van der Waals surface area contributed by atoms with Crippen LogP contribution in [0.5, 0.6) is 0 Å². The van der Waals surface area contributed by atoms with Gasteiger partial charge in [-0.25, -0.2) is 0 Å². The predicted octanol–water partition coefficient (Wildman–Crippen LogP) is -0.165. The molecule has 0 amide bonds. The summed E-state index contributed by atoms with van der Waals surface area (Å²) in [5, 5.41) is 11.5. The minimum absolute atomic E-state index is 0.0528. The van der Waals surface area contributed by atoms with Gasteiger partial charge >= 0.3 is 0 Å². The Morgan fingerprint density at radius 3 is 2.82 bits per heavy atom. The Balaban J connectivity index is 3.12. The highest BCUT2D eigenvalue weighted by Gasteiger charge is 1.98. The number of hydrogen-bond acceptors (Lipinski definition) is 3. The number of rotatable bonds is 2. The van der Waals surface area contributed by atoms with E-state index >= 15 is 0 Å². The van der Waals surface area contributed by atoms with E-state index in [2.05, 4.69) is 5.18 Å². The summed E-state index contributed by atoms with van der Waals surface area (Å²) < 4.78 is 0. The fraction of sp³-hybridized carbons (Fsp3) is 0.143.